The average molecular weight is 259 g/mol. The molecule has 0 fully saturated rings. The molecular weight excluding hydrogens is 242 g/mol. The van der Waals surface area contributed by atoms with Crippen molar-refractivity contribution < 1.29 is 14.3 Å². The minimum Gasteiger partial charge on any atom is -0.480 e. The summed E-state index contributed by atoms with van der Waals surface area (Å²) in [6, 6.07) is 0. The molecule has 0 aromatic carbocycles. The molecule has 0 aliphatic heterocycles. The number of aryl methyl sites for hydroxylation is 1. The first kappa shape index (κ1) is 14.0. The molecule has 0 aliphatic carbocycles. The van der Waals surface area contributed by atoms with E-state index in [0.717, 1.165) is 18.6 Å². The highest BCUT2D eigenvalue weighted by atomic mass is 32.2. The number of rotatable bonds is 7. The molecule has 1 aromatic rings. The summed E-state index contributed by atoms with van der Waals surface area (Å²) in [5.41, 5.74) is 4.48. The van der Waals surface area contributed by atoms with Crippen LogP contribution in [0.25, 0.3) is 0 Å². The van der Waals surface area contributed by atoms with Gasteiger partial charge in [-0.15, -0.1) is 10.2 Å². The Morgan fingerprint density at radius 3 is 2.76 bits per heavy atom. The van der Waals surface area contributed by atoms with Gasteiger partial charge in [0.1, 0.15) is 5.54 Å². The van der Waals surface area contributed by atoms with Crippen LogP contribution in [0.1, 0.15) is 32.1 Å². The van der Waals surface area contributed by atoms with Gasteiger partial charge in [0.15, 0.2) is 0 Å². The zero-order valence-electron chi connectivity index (χ0n) is 9.97. The van der Waals surface area contributed by atoms with Gasteiger partial charge in [0, 0.05) is 12.7 Å². The molecule has 6 nitrogen and oxygen atoms in total. The van der Waals surface area contributed by atoms with Crippen LogP contribution in [-0.4, -0.2) is 32.6 Å². The van der Waals surface area contributed by atoms with Crippen molar-refractivity contribution >= 4 is 17.7 Å². The summed E-state index contributed by atoms with van der Waals surface area (Å²) in [6.45, 7) is 3.27. The molecule has 0 spiro atoms. The molecule has 1 heterocycles. The fourth-order valence-corrected chi connectivity index (χ4v) is 2.00. The number of unbranched alkanes of at least 4 members (excludes halogenated alkanes) is 1. The number of carbonyl (C=O) groups is 1. The highest BCUT2D eigenvalue weighted by Crippen LogP contribution is 2.19. The van der Waals surface area contributed by atoms with E-state index in [1.54, 1.807) is 6.92 Å². The summed E-state index contributed by atoms with van der Waals surface area (Å²) in [7, 11) is 0. The molecule has 0 saturated carbocycles. The first-order valence-electron chi connectivity index (χ1n) is 5.37. The number of aromatic nitrogens is 2. The number of carboxylic acid groups (broad SMARTS) is 1. The Hall–Kier alpha value is -1.08. The number of thioether (sulfide) groups is 1. The predicted molar refractivity (Wildman–Crippen MR) is 63.8 cm³/mol. The average Bonchev–Trinajstić information content (AvgIpc) is 2.63. The van der Waals surface area contributed by atoms with E-state index < -0.39 is 11.5 Å². The second kappa shape index (κ2) is 6.02. The minimum absolute atomic E-state index is 0.464. The summed E-state index contributed by atoms with van der Waals surface area (Å²) in [5.74, 6) is 0.405. The summed E-state index contributed by atoms with van der Waals surface area (Å²) < 4.78 is 5.19. The molecule has 0 bridgehead atoms. The lowest BCUT2D eigenvalue weighted by atomic mass is 9.97. The smallest absolute Gasteiger partial charge is 0.323 e. The quantitative estimate of drug-likeness (QED) is 0.564. The Bertz CT molecular complexity index is 379. The van der Waals surface area contributed by atoms with Crippen LogP contribution < -0.4 is 5.73 Å². The summed E-state index contributed by atoms with van der Waals surface area (Å²) >= 11 is 1.47. The van der Waals surface area contributed by atoms with Crippen molar-refractivity contribution in [3.8, 4) is 0 Å². The van der Waals surface area contributed by atoms with Gasteiger partial charge in [-0.3, -0.25) is 4.79 Å². The third-order valence-electron chi connectivity index (χ3n) is 2.31. The van der Waals surface area contributed by atoms with Gasteiger partial charge in [-0.25, -0.2) is 0 Å². The minimum atomic E-state index is -1.13. The third-order valence-corrected chi connectivity index (χ3v) is 3.22. The van der Waals surface area contributed by atoms with E-state index in [0.29, 0.717) is 17.5 Å². The van der Waals surface area contributed by atoms with Gasteiger partial charge in [-0.2, -0.15) is 0 Å². The molecular formula is C10H17N3O3S. The number of hydrogen-bond acceptors (Lipinski definition) is 6. The summed E-state index contributed by atoms with van der Waals surface area (Å²) in [5, 5.41) is 16.9. The van der Waals surface area contributed by atoms with E-state index in [4.69, 9.17) is 15.3 Å². The number of nitrogens with two attached hydrogens (primary N) is 1. The maximum Gasteiger partial charge on any atom is 0.323 e. The molecule has 7 heteroatoms. The monoisotopic (exact) mass is 259 g/mol. The molecule has 0 aliphatic rings. The van der Waals surface area contributed by atoms with E-state index in [2.05, 4.69) is 10.2 Å². The number of nitrogens with zero attached hydrogens (tertiary/aromatic N) is 2. The molecule has 3 N–H and O–H groups in total. The van der Waals surface area contributed by atoms with Crippen molar-refractivity contribution in [2.75, 3.05) is 5.75 Å². The van der Waals surface area contributed by atoms with Crippen molar-refractivity contribution in [1.82, 2.24) is 10.2 Å². The Labute approximate surface area is 104 Å². The van der Waals surface area contributed by atoms with Crippen molar-refractivity contribution in [2.24, 2.45) is 5.73 Å². The van der Waals surface area contributed by atoms with Crippen LogP contribution in [0.2, 0.25) is 0 Å². The van der Waals surface area contributed by atoms with E-state index in [1.165, 1.54) is 18.7 Å². The molecule has 1 atom stereocenters. The van der Waals surface area contributed by atoms with Crippen molar-refractivity contribution in [2.45, 2.75) is 43.9 Å². The standard InChI is InChI=1S/C10H17N3O3S/c1-7-12-13-9(16-7)17-6-4-3-5-10(2,11)8(14)15/h3-6,11H2,1-2H3,(H,14,15). The molecule has 0 saturated heterocycles. The van der Waals surface area contributed by atoms with Gasteiger partial charge in [0.2, 0.25) is 5.89 Å². The summed E-state index contributed by atoms with van der Waals surface area (Å²) in [4.78, 5) is 10.7. The van der Waals surface area contributed by atoms with Crippen LogP contribution in [0.15, 0.2) is 9.64 Å². The molecule has 1 aromatic heterocycles. The van der Waals surface area contributed by atoms with Gasteiger partial charge >= 0.3 is 5.97 Å². The van der Waals surface area contributed by atoms with E-state index in [-0.39, 0.29) is 0 Å². The van der Waals surface area contributed by atoms with Gasteiger partial charge in [0.25, 0.3) is 5.22 Å². The Morgan fingerprint density at radius 2 is 2.24 bits per heavy atom. The van der Waals surface area contributed by atoms with Crippen molar-refractivity contribution in [3.05, 3.63) is 5.89 Å². The van der Waals surface area contributed by atoms with Crippen LogP contribution in [0.3, 0.4) is 0 Å². The van der Waals surface area contributed by atoms with Crippen LogP contribution in [0.5, 0.6) is 0 Å². The zero-order valence-corrected chi connectivity index (χ0v) is 10.8. The van der Waals surface area contributed by atoms with Crippen LogP contribution in [-0.2, 0) is 4.79 Å². The maximum absolute atomic E-state index is 10.7. The fourth-order valence-electron chi connectivity index (χ4n) is 1.20. The Kier molecular flexibility index (Phi) is 4.95. The van der Waals surface area contributed by atoms with Gasteiger partial charge in [-0.05, 0) is 19.8 Å². The topological polar surface area (TPSA) is 102 Å². The van der Waals surface area contributed by atoms with Crippen LogP contribution >= 0.6 is 11.8 Å². The van der Waals surface area contributed by atoms with Crippen molar-refractivity contribution in [3.63, 3.8) is 0 Å². The molecule has 1 rings (SSSR count). The first-order chi connectivity index (χ1) is 7.92. The molecule has 96 valence electrons. The molecule has 1 unspecified atom stereocenters. The van der Waals surface area contributed by atoms with Crippen molar-refractivity contribution in [1.29, 1.82) is 0 Å². The number of hydrogen-bond donors (Lipinski definition) is 2. The second-order valence-corrected chi connectivity index (χ2v) is 5.16. The third kappa shape index (κ3) is 4.74. The highest BCUT2D eigenvalue weighted by Gasteiger charge is 2.26. The van der Waals surface area contributed by atoms with E-state index >= 15 is 0 Å². The Morgan fingerprint density at radius 1 is 1.53 bits per heavy atom. The van der Waals surface area contributed by atoms with Crippen LogP contribution in [0.4, 0.5) is 0 Å². The lowest BCUT2D eigenvalue weighted by Gasteiger charge is -2.18. The van der Waals surface area contributed by atoms with Gasteiger partial charge in [0.05, 0.1) is 0 Å². The highest BCUT2D eigenvalue weighted by molar-refractivity contribution is 7.99. The van der Waals surface area contributed by atoms with Crippen LogP contribution in [0, 0.1) is 6.92 Å². The van der Waals surface area contributed by atoms with Gasteiger partial charge in [-0.1, -0.05) is 18.2 Å². The lowest BCUT2D eigenvalue weighted by Crippen LogP contribution is -2.44. The normalized spacial score (nSPS) is 14.5. The molecule has 0 amide bonds. The fraction of sp³-hybridized carbons (Fsp3) is 0.700. The number of aliphatic carboxylic acids is 1. The second-order valence-electron chi connectivity index (χ2n) is 4.12. The maximum atomic E-state index is 10.7. The summed E-state index contributed by atoms with van der Waals surface area (Å²) in [6.07, 6.45) is 2.09. The zero-order chi connectivity index (χ0) is 12.9. The van der Waals surface area contributed by atoms with Gasteiger partial charge < -0.3 is 15.3 Å². The lowest BCUT2D eigenvalue weighted by molar-refractivity contribution is -0.142. The SMILES string of the molecule is Cc1nnc(SCCCCC(C)(N)C(=O)O)o1. The number of carboxylic acids is 1. The first-order valence-corrected chi connectivity index (χ1v) is 6.35. The molecule has 0 radical (unpaired) electrons. The predicted octanol–water partition coefficient (Wildman–Crippen LogP) is 1.44. The molecule has 17 heavy (non-hydrogen) atoms. The van der Waals surface area contributed by atoms with E-state index in [9.17, 15) is 4.79 Å². The largest absolute Gasteiger partial charge is 0.480 e. The Balaban J connectivity index is 2.15. The van der Waals surface area contributed by atoms with E-state index in [1.807, 2.05) is 0 Å².